The zero-order chi connectivity index (χ0) is 31.6. The topological polar surface area (TPSA) is 128 Å². The van der Waals surface area contributed by atoms with E-state index in [1.54, 1.807) is 37.0 Å². The van der Waals surface area contributed by atoms with Gasteiger partial charge in [0.2, 0.25) is 5.43 Å². The van der Waals surface area contributed by atoms with Gasteiger partial charge in [0, 0.05) is 32.1 Å². The first-order valence-electron chi connectivity index (χ1n) is 14.5. The number of nitrogens with one attached hydrogen (secondary N) is 1. The van der Waals surface area contributed by atoms with Crippen LogP contribution in [-0.2, 0) is 11.8 Å². The first kappa shape index (κ1) is 31.6. The average molecular weight is 591 g/mol. The highest BCUT2D eigenvalue weighted by Gasteiger charge is 2.25. The second kappa shape index (κ2) is 14.7. The van der Waals surface area contributed by atoms with E-state index in [9.17, 15) is 9.59 Å². The van der Waals surface area contributed by atoms with Crippen LogP contribution in [0.4, 0.5) is 0 Å². The van der Waals surface area contributed by atoms with Gasteiger partial charge in [-0.15, -0.1) is 0 Å². The Hall–Kier alpha value is -5.31. The molecule has 0 radical (unpaired) electrons. The lowest BCUT2D eigenvalue weighted by Gasteiger charge is -2.19. The Labute approximate surface area is 257 Å². The van der Waals surface area contributed by atoms with E-state index in [1.165, 1.54) is 7.05 Å². The van der Waals surface area contributed by atoms with E-state index in [0.29, 0.717) is 39.1 Å². The predicted molar refractivity (Wildman–Crippen MR) is 179 cm³/mol. The first-order valence-corrected chi connectivity index (χ1v) is 14.5. The molecule has 0 saturated heterocycles. The van der Waals surface area contributed by atoms with Crippen molar-refractivity contribution >= 4 is 41.1 Å². The van der Waals surface area contributed by atoms with Crippen molar-refractivity contribution in [3.63, 3.8) is 0 Å². The molecule has 0 aliphatic heterocycles. The zero-order valence-corrected chi connectivity index (χ0v) is 25.7. The van der Waals surface area contributed by atoms with Crippen LogP contribution in [0.25, 0.3) is 34.2 Å². The van der Waals surface area contributed by atoms with Gasteiger partial charge in [-0.3, -0.25) is 24.3 Å². The Balaban J connectivity index is 1.79. The molecule has 44 heavy (non-hydrogen) atoms. The highest BCUT2D eigenvalue weighted by molar-refractivity contribution is 6.20. The SMILES string of the molecule is CCC\C=C/C=N\C(C)=C(/C(=O)NC(C)c1oc2cccc(/C=C\c3cnn(C)c3)c2c(=O)c1-c1ccccc1)C(N)=NC. The van der Waals surface area contributed by atoms with E-state index in [2.05, 4.69) is 27.3 Å². The van der Waals surface area contributed by atoms with E-state index in [1.807, 2.05) is 80.0 Å². The minimum Gasteiger partial charge on any atom is -0.458 e. The molecule has 1 atom stereocenters. The van der Waals surface area contributed by atoms with Gasteiger partial charge in [0.15, 0.2) is 0 Å². The highest BCUT2D eigenvalue weighted by Crippen LogP contribution is 2.31. The third-order valence-electron chi connectivity index (χ3n) is 6.99. The maximum absolute atomic E-state index is 14.3. The van der Waals surface area contributed by atoms with Crippen LogP contribution in [0.15, 0.2) is 104 Å². The van der Waals surface area contributed by atoms with Gasteiger partial charge in [0.1, 0.15) is 22.8 Å². The monoisotopic (exact) mass is 590 g/mol. The number of hydrogen-bond donors (Lipinski definition) is 2. The van der Waals surface area contributed by atoms with Gasteiger partial charge < -0.3 is 15.5 Å². The van der Waals surface area contributed by atoms with Crippen LogP contribution in [0.1, 0.15) is 56.5 Å². The van der Waals surface area contributed by atoms with Crippen LogP contribution in [0.2, 0.25) is 0 Å². The van der Waals surface area contributed by atoms with Gasteiger partial charge in [0.25, 0.3) is 5.91 Å². The number of carbonyl (C=O) groups is 1. The molecule has 9 heteroatoms. The van der Waals surface area contributed by atoms with Crippen LogP contribution in [0, 0.1) is 0 Å². The smallest absolute Gasteiger partial charge is 0.257 e. The zero-order valence-electron chi connectivity index (χ0n) is 25.7. The summed E-state index contributed by atoms with van der Waals surface area (Å²) in [5.74, 6) is -0.108. The number of aromatic nitrogens is 2. The molecule has 0 saturated carbocycles. The second-order valence-electron chi connectivity index (χ2n) is 10.3. The Morgan fingerprint density at radius 3 is 2.61 bits per heavy atom. The maximum Gasteiger partial charge on any atom is 0.257 e. The van der Waals surface area contributed by atoms with E-state index < -0.39 is 11.9 Å². The molecule has 0 spiro atoms. The largest absolute Gasteiger partial charge is 0.458 e. The lowest BCUT2D eigenvalue weighted by molar-refractivity contribution is -0.117. The molecule has 226 valence electrons. The number of amides is 1. The summed E-state index contributed by atoms with van der Waals surface area (Å²) in [4.78, 5) is 36.3. The average Bonchev–Trinajstić information content (AvgIpc) is 3.44. The molecule has 0 aliphatic carbocycles. The molecule has 2 aromatic carbocycles. The van der Waals surface area contributed by atoms with Crippen molar-refractivity contribution in [1.29, 1.82) is 0 Å². The van der Waals surface area contributed by atoms with Gasteiger partial charge in [-0.25, -0.2) is 0 Å². The first-order chi connectivity index (χ1) is 21.2. The van der Waals surface area contributed by atoms with Crippen LogP contribution in [0.3, 0.4) is 0 Å². The Bertz CT molecular complexity index is 1840. The van der Waals surface area contributed by atoms with Crippen molar-refractivity contribution in [2.45, 2.75) is 39.7 Å². The van der Waals surface area contributed by atoms with Crippen molar-refractivity contribution in [2.24, 2.45) is 22.8 Å². The summed E-state index contributed by atoms with van der Waals surface area (Å²) in [7, 11) is 3.36. The number of carbonyl (C=O) groups excluding carboxylic acids is 1. The molecular formula is C35H38N6O3. The van der Waals surface area contributed by atoms with Crippen molar-refractivity contribution in [3.8, 4) is 11.1 Å². The van der Waals surface area contributed by atoms with Gasteiger partial charge in [0.05, 0.1) is 28.9 Å². The quantitative estimate of drug-likeness (QED) is 0.122. The Morgan fingerprint density at radius 1 is 1.16 bits per heavy atom. The van der Waals surface area contributed by atoms with Gasteiger partial charge in [-0.2, -0.15) is 5.10 Å². The summed E-state index contributed by atoms with van der Waals surface area (Å²) < 4.78 is 8.15. The summed E-state index contributed by atoms with van der Waals surface area (Å²) in [6.07, 6.45) is 14.8. The number of fused-ring (bicyclic) bond motifs is 1. The van der Waals surface area contributed by atoms with E-state index >= 15 is 0 Å². The van der Waals surface area contributed by atoms with Crippen molar-refractivity contribution in [1.82, 2.24) is 15.1 Å². The normalized spacial score (nSPS) is 13.7. The van der Waals surface area contributed by atoms with E-state index in [0.717, 1.165) is 18.4 Å². The molecular weight excluding hydrogens is 552 g/mol. The number of amidine groups is 1. The number of nitrogens with two attached hydrogens (primary N) is 1. The molecule has 3 N–H and O–H groups in total. The van der Waals surface area contributed by atoms with Crippen molar-refractivity contribution in [3.05, 3.63) is 111 Å². The third-order valence-corrected chi connectivity index (χ3v) is 6.99. The number of benzene rings is 2. The number of aryl methyl sites for hydroxylation is 1. The van der Waals surface area contributed by atoms with Crippen molar-refractivity contribution < 1.29 is 9.21 Å². The standard InChI is InChI=1S/C35H38N6O3/c1-6-7-8-12-20-38-23(2)29(34(36)37-4)35(43)40-24(3)33-31(26-14-10-9-11-15-26)32(42)30-27(16-13-17-28(30)44-33)19-18-25-21-39-41(5)22-25/h8-22,24H,6-7H2,1-5H3,(H2,36,37)(H,40,43)/b12-8-,19-18-,29-23-,38-20-. The molecule has 4 rings (SSSR count). The molecule has 4 aromatic rings. The third kappa shape index (κ3) is 7.36. The number of hydrogen-bond acceptors (Lipinski definition) is 6. The van der Waals surface area contributed by atoms with Crippen LogP contribution >= 0.6 is 0 Å². The molecule has 2 aromatic heterocycles. The lowest BCUT2D eigenvalue weighted by atomic mass is 9.97. The second-order valence-corrected chi connectivity index (χ2v) is 10.3. The van der Waals surface area contributed by atoms with E-state index in [4.69, 9.17) is 10.2 Å². The number of allylic oxidation sites excluding steroid dienone is 3. The fourth-order valence-electron chi connectivity index (χ4n) is 4.77. The molecule has 1 amide bonds. The van der Waals surface area contributed by atoms with Gasteiger partial charge in [-0.1, -0.05) is 74.0 Å². The minimum absolute atomic E-state index is 0.0511. The van der Waals surface area contributed by atoms with Crippen LogP contribution in [0.5, 0.6) is 0 Å². The van der Waals surface area contributed by atoms with Gasteiger partial charge >= 0.3 is 0 Å². The Morgan fingerprint density at radius 2 is 1.93 bits per heavy atom. The molecule has 0 bridgehead atoms. The highest BCUT2D eigenvalue weighted by atomic mass is 16.3. The molecule has 0 aliphatic rings. The summed E-state index contributed by atoms with van der Waals surface area (Å²) in [5, 5.41) is 7.61. The number of aliphatic imine (C=N–C) groups is 2. The fraction of sp³-hybridized carbons (Fsp3) is 0.229. The van der Waals surface area contributed by atoms with Crippen LogP contribution < -0.4 is 16.5 Å². The van der Waals surface area contributed by atoms with Crippen molar-refractivity contribution in [2.75, 3.05) is 7.05 Å². The number of unbranched alkanes of at least 4 members (excludes halogenated alkanes) is 1. The molecule has 2 heterocycles. The minimum atomic E-state index is -0.703. The van der Waals surface area contributed by atoms with Gasteiger partial charge in [-0.05, 0) is 43.5 Å². The predicted octanol–water partition coefficient (Wildman–Crippen LogP) is 6.23. The molecule has 0 fully saturated rings. The van der Waals surface area contributed by atoms with Crippen LogP contribution in [-0.4, -0.2) is 34.8 Å². The lowest BCUT2D eigenvalue weighted by Crippen LogP contribution is -2.34. The number of nitrogens with zero attached hydrogens (tertiary/aromatic N) is 4. The summed E-state index contributed by atoms with van der Waals surface area (Å²) in [6.45, 7) is 5.56. The van der Waals surface area contributed by atoms with E-state index in [-0.39, 0.29) is 16.8 Å². The summed E-state index contributed by atoms with van der Waals surface area (Å²) in [5.41, 5.74) is 9.56. The molecule has 1 unspecified atom stereocenters. The maximum atomic E-state index is 14.3. The summed E-state index contributed by atoms with van der Waals surface area (Å²) >= 11 is 0. The molecule has 9 nitrogen and oxygen atoms in total. The summed E-state index contributed by atoms with van der Waals surface area (Å²) in [6, 6.07) is 14.0. The fourth-order valence-corrected chi connectivity index (χ4v) is 4.77. The number of rotatable bonds is 11. The Kier molecular flexibility index (Phi) is 10.6.